The summed E-state index contributed by atoms with van der Waals surface area (Å²) < 4.78 is 4.56. The smallest absolute Gasteiger partial charge is 0.184 e. The van der Waals surface area contributed by atoms with Crippen molar-refractivity contribution in [1.29, 1.82) is 0 Å². The Labute approximate surface area is 68.6 Å². The molecule has 1 fully saturated rings. The Bertz CT molecular complexity index is 146. The van der Waals surface area contributed by atoms with Gasteiger partial charge in [-0.15, -0.1) is 0 Å². The average Bonchev–Trinajstić information content (AvgIpc) is 2.08. The van der Waals surface area contributed by atoms with E-state index in [1.165, 1.54) is 0 Å². The van der Waals surface area contributed by atoms with Crippen LogP contribution in [0.3, 0.4) is 0 Å². The minimum absolute atomic E-state index is 0.547. The lowest BCUT2D eigenvalue weighted by atomic mass is 10.00. The van der Waals surface area contributed by atoms with E-state index in [0.29, 0.717) is 0 Å². The van der Waals surface area contributed by atoms with Crippen molar-refractivity contribution in [2.24, 2.45) is 0 Å². The first-order valence-electron chi connectivity index (χ1n) is 3.44. The summed E-state index contributed by atoms with van der Waals surface area (Å²) in [6.07, 6.45) is -6.47. The maximum Gasteiger partial charge on any atom is 0.184 e. The van der Waals surface area contributed by atoms with E-state index in [2.05, 4.69) is 4.74 Å². The first-order valence-corrected chi connectivity index (χ1v) is 3.44. The van der Waals surface area contributed by atoms with Crippen molar-refractivity contribution in [3.8, 4) is 0 Å². The van der Waals surface area contributed by atoms with E-state index in [0.717, 1.165) is 0 Å². The van der Waals surface area contributed by atoms with E-state index >= 15 is 0 Å². The van der Waals surface area contributed by atoms with Gasteiger partial charge in [-0.2, -0.15) is 0 Å². The predicted octanol–water partition coefficient (Wildman–Crippen LogP) is -2.68. The molecule has 1 heterocycles. The van der Waals surface area contributed by atoms with E-state index in [4.69, 9.17) is 25.5 Å². The molecular weight excluding hydrogens is 168 g/mol. The van der Waals surface area contributed by atoms with Crippen molar-refractivity contribution in [3.63, 3.8) is 0 Å². The molecule has 71 valence electrons. The molecule has 0 amide bonds. The third kappa shape index (κ3) is 1.58. The Morgan fingerprint density at radius 3 is 2.25 bits per heavy atom. The van der Waals surface area contributed by atoms with Gasteiger partial charge in [0.05, 0.1) is 6.61 Å². The quantitative estimate of drug-likeness (QED) is 0.300. The molecule has 0 bridgehead atoms. The first kappa shape index (κ1) is 9.85. The summed E-state index contributed by atoms with van der Waals surface area (Å²) in [4.78, 5) is 0. The molecule has 1 rings (SSSR count). The molecule has 4 atom stereocenters. The van der Waals surface area contributed by atoms with Gasteiger partial charge in [-0.3, -0.25) is 0 Å². The van der Waals surface area contributed by atoms with E-state index < -0.39 is 37.3 Å². The maximum atomic E-state index is 9.08. The summed E-state index contributed by atoms with van der Waals surface area (Å²) in [5.74, 6) is 0. The Morgan fingerprint density at radius 2 is 1.75 bits per heavy atom. The number of hydrogen-bond donors (Lipinski definition) is 5. The van der Waals surface area contributed by atoms with Gasteiger partial charge in [0.1, 0.15) is 18.3 Å². The Morgan fingerprint density at radius 1 is 1.17 bits per heavy atom. The number of hydrogen-bond acceptors (Lipinski definition) is 6. The minimum atomic E-state index is -1.62. The molecule has 0 aromatic carbocycles. The number of aliphatic hydroxyl groups excluding tert-OH is 5. The molecule has 0 aromatic rings. The lowest BCUT2D eigenvalue weighted by Crippen LogP contribution is -2.54. The number of ether oxygens (including phenoxy) is 1. The zero-order chi connectivity index (χ0) is 9.30. The van der Waals surface area contributed by atoms with Crippen molar-refractivity contribution < 1.29 is 30.3 Å². The van der Waals surface area contributed by atoms with Crippen LogP contribution in [0.4, 0.5) is 0 Å². The fourth-order valence-corrected chi connectivity index (χ4v) is 0.982. The first-order chi connectivity index (χ1) is 5.57. The molecule has 1 saturated heterocycles. The van der Waals surface area contributed by atoms with E-state index in [9.17, 15) is 0 Å². The molecule has 1 aliphatic heterocycles. The van der Waals surface area contributed by atoms with Gasteiger partial charge >= 0.3 is 0 Å². The van der Waals surface area contributed by atoms with Crippen LogP contribution in [-0.2, 0) is 4.74 Å². The highest BCUT2D eigenvalue weighted by Gasteiger charge is 2.43. The summed E-state index contributed by atoms with van der Waals surface area (Å²) in [5, 5.41) is 44.5. The van der Waals surface area contributed by atoms with E-state index in [-0.39, 0.29) is 0 Å². The van der Waals surface area contributed by atoms with Crippen LogP contribution in [0, 0.1) is 6.10 Å². The predicted molar refractivity (Wildman–Crippen MR) is 35.2 cm³/mol. The van der Waals surface area contributed by atoms with Crippen molar-refractivity contribution in [2.45, 2.75) is 24.6 Å². The fourth-order valence-electron chi connectivity index (χ4n) is 0.982. The van der Waals surface area contributed by atoms with Gasteiger partial charge in [-0.1, -0.05) is 0 Å². The second kappa shape index (κ2) is 3.65. The summed E-state index contributed by atoms with van der Waals surface area (Å²) in [7, 11) is 0. The maximum absolute atomic E-state index is 9.08. The largest absolute Gasteiger partial charge is 0.394 e. The Kier molecular flexibility index (Phi) is 2.99. The van der Waals surface area contributed by atoms with Crippen LogP contribution in [0.1, 0.15) is 0 Å². The Hall–Kier alpha value is -0.240. The van der Waals surface area contributed by atoms with Gasteiger partial charge in [-0.25, -0.2) is 0 Å². The standard InChI is InChI=1S/C6H11O6/c7-1-2-3(8)4(9)5(10)6(11)12-2/h2-3,5-11H,1H2/t2-,3-,5-,6-/m1/s1. The van der Waals surface area contributed by atoms with Crippen LogP contribution in [0.15, 0.2) is 0 Å². The zero-order valence-corrected chi connectivity index (χ0v) is 6.16. The average molecular weight is 179 g/mol. The van der Waals surface area contributed by atoms with Crippen LogP contribution < -0.4 is 0 Å². The van der Waals surface area contributed by atoms with Gasteiger partial charge < -0.3 is 30.3 Å². The molecule has 6 heteroatoms. The highest BCUT2D eigenvalue weighted by Crippen LogP contribution is 2.24. The third-order valence-electron chi connectivity index (χ3n) is 1.72. The van der Waals surface area contributed by atoms with Crippen molar-refractivity contribution >= 4 is 0 Å². The number of aliphatic hydroxyl groups is 5. The molecule has 5 N–H and O–H groups in total. The highest BCUT2D eigenvalue weighted by atomic mass is 16.6. The summed E-state index contributed by atoms with van der Waals surface area (Å²) in [6, 6.07) is 0. The van der Waals surface area contributed by atoms with Crippen LogP contribution in [0.5, 0.6) is 0 Å². The van der Waals surface area contributed by atoms with E-state index in [1.54, 1.807) is 0 Å². The normalized spacial score (nSPS) is 44.8. The SMILES string of the molecule is OC[C@H]1O[C@@H](O)[C@H](O)[C](O)[C@@H]1O. The van der Waals surface area contributed by atoms with Gasteiger partial charge in [0.15, 0.2) is 12.4 Å². The molecule has 6 nitrogen and oxygen atoms in total. The van der Waals surface area contributed by atoms with Gasteiger partial charge in [0.2, 0.25) is 0 Å². The molecule has 1 aliphatic rings. The molecule has 12 heavy (non-hydrogen) atoms. The molecule has 0 unspecified atom stereocenters. The molecule has 0 aromatic heterocycles. The summed E-state index contributed by atoms with van der Waals surface area (Å²) in [6.45, 7) is -0.547. The molecule has 0 saturated carbocycles. The van der Waals surface area contributed by atoms with Gasteiger partial charge in [0, 0.05) is 0 Å². The Balaban J connectivity index is 2.63. The lowest BCUT2D eigenvalue weighted by molar-refractivity contribution is -0.258. The second-order valence-corrected chi connectivity index (χ2v) is 2.56. The topological polar surface area (TPSA) is 110 Å². The van der Waals surface area contributed by atoms with E-state index in [1.807, 2.05) is 0 Å². The monoisotopic (exact) mass is 179 g/mol. The van der Waals surface area contributed by atoms with Crippen molar-refractivity contribution in [3.05, 3.63) is 6.10 Å². The van der Waals surface area contributed by atoms with Crippen molar-refractivity contribution in [2.75, 3.05) is 6.61 Å². The highest BCUT2D eigenvalue weighted by molar-refractivity contribution is 5.01. The number of rotatable bonds is 1. The summed E-state index contributed by atoms with van der Waals surface area (Å²) in [5.41, 5.74) is 0. The fraction of sp³-hybridized carbons (Fsp3) is 0.833. The van der Waals surface area contributed by atoms with Gasteiger partial charge in [0.25, 0.3) is 0 Å². The third-order valence-corrected chi connectivity index (χ3v) is 1.72. The van der Waals surface area contributed by atoms with Crippen LogP contribution in [-0.4, -0.2) is 56.7 Å². The van der Waals surface area contributed by atoms with Crippen LogP contribution in [0.25, 0.3) is 0 Å². The van der Waals surface area contributed by atoms with Crippen LogP contribution >= 0.6 is 0 Å². The lowest BCUT2D eigenvalue weighted by Gasteiger charge is -2.36. The molecule has 1 radical (unpaired) electrons. The molecule has 0 aliphatic carbocycles. The summed E-state index contributed by atoms with van der Waals surface area (Å²) >= 11 is 0. The minimum Gasteiger partial charge on any atom is -0.394 e. The molecule has 0 spiro atoms. The zero-order valence-electron chi connectivity index (χ0n) is 6.16. The second-order valence-electron chi connectivity index (χ2n) is 2.56. The van der Waals surface area contributed by atoms with Gasteiger partial charge in [-0.05, 0) is 0 Å². The van der Waals surface area contributed by atoms with Crippen LogP contribution in [0.2, 0.25) is 0 Å². The molecular formula is C6H11O6. The van der Waals surface area contributed by atoms with Crippen molar-refractivity contribution in [1.82, 2.24) is 0 Å².